The van der Waals surface area contributed by atoms with Gasteiger partial charge in [-0.3, -0.25) is 4.79 Å². The molecule has 0 bridgehead atoms. The van der Waals surface area contributed by atoms with E-state index >= 15 is 0 Å². The van der Waals surface area contributed by atoms with Crippen LogP contribution in [0.2, 0.25) is 0 Å². The topological polar surface area (TPSA) is 40.5 Å². The first-order valence-corrected chi connectivity index (χ1v) is 6.50. The maximum atomic E-state index is 13.1. The van der Waals surface area contributed by atoms with Gasteiger partial charge in [-0.1, -0.05) is 0 Å². The Morgan fingerprint density at radius 3 is 2.48 bits per heavy atom. The predicted molar refractivity (Wildman–Crippen MR) is 69.3 cm³/mol. The number of nitrogens with zero attached hydrogens (tertiary/aromatic N) is 1. The van der Waals surface area contributed by atoms with E-state index < -0.39 is 23.5 Å². The molecule has 0 fully saturated rings. The molecule has 0 aliphatic heterocycles. The number of aliphatic hydroxyl groups excluding tert-OH is 1. The fourth-order valence-electron chi connectivity index (χ4n) is 1.84. The van der Waals surface area contributed by atoms with Crippen molar-refractivity contribution in [3.8, 4) is 0 Å². The summed E-state index contributed by atoms with van der Waals surface area (Å²) in [6.45, 7) is 0.419. The Kier molecular flexibility index (Phi) is 6.14. The molecule has 21 heavy (non-hydrogen) atoms. The molecule has 3 nitrogen and oxygen atoms in total. The first-order chi connectivity index (χ1) is 9.77. The molecule has 0 radical (unpaired) electrons. The van der Waals surface area contributed by atoms with Crippen molar-refractivity contribution in [3.05, 3.63) is 35.1 Å². The number of aliphatic hydroxyl groups is 1. The van der Waals surface area contributed by atoms with Gasteiger partial charge in [-0.05, 0) is 37.5 Å². The average Bonchev–Trinajstić information content (AvgIpc) is 2.42. The molecular formula is C14H17F4NO2. The lowest BCUT2D eigenvalue weighted by Gasteiger charge is -2.18. The van der Waals surface area contributed by atoms with E-state index in [-0.39, 0.29) is 12.2 Å². The standard InChI is InChI=1S/C14H17F4NO2/c1-19(7-3-2-4-8-20)13(21)10-5-6-12(15)11(9-10)14(16,17)18/h5-6,9,20H,2-4,7-8H2,1H3. The highest BCUT2D eigenvalue weighted by molar-refractivity contribution is 5.94. The molecule has 0 saturated heterocycles. The normalized spacial score (nSPS) is 11.5. The molecule has 0 unspecified atom stereocenters. The van der Waals surface area contributed by atoms with Crippen LogP contribution in [0.3, 0.4) is 0 Å². The van der Waals surface area contributed by atoms with Crippen LogP contribution in [-0.2, 0) is 6.18 Å². The van der Waals surface area contributed by atoms with Crippen LogP contribution in [0.4, 0.5) is 17.6 Å². The van der Waals surface area contributed by atoms with E-state index in [1.807, 2.05) is 0 Å². The summed E-state index contributed by atoms with van der Waals surface area (Å²) >= 11 is 0. The lowest BCUT2D eigenvalue weighted by molar-refractivity contribution is -0.140. The van der Waals surface area contributed by atoms with Gasteiger partial charge in [0.15, 0.2) is 0 Å². The van der Waals surface area contributed by atoms with Crippen molar-refractivity contribution < 1.29 is 27.5 Å². The number of alkyl halides is 3. The highest BCUT2D eigenvalue weighted by Gasteiger charge is 2.34. The Bertz CT molecular complexity index is 488. The van der Waals surface area contributed by atoms with Crippen molar-refractivity contribution in [1.82, 2.24) is 4.90 Å². The first-order valence-electron chi connectivity index (χ1n) is 6.50. The Hall–Kier alpha value is -1.63. The molecule has 0 saturated carbocycles. The third-order valence-electron chi connectivity index (χ3n) is 3.02. The third-order valence-corrected chi connectivity index (χ3v) is 3.02. The van der Waals surface area contributed by atoms with Crippen molar-refractivity contribution in [3.63, 3.8) is 0 Å². The Labute approximate surface area is 120 Å². The van der Waals surface area contributed by atoms with E-state index in [9.17, 15) is 22.4 Å². The molecule has 0 aliphatic rings. The van der Waals surface area contributed by atoms with E-state index in [1.54, 1.807) is 0 Å². The summed E-state index contributed by atoms with van der Waals surface area (Å²) in [5.41, 5.74) is -1.64. The highest BCUT2D eigenvalue weighted by Crippen LogP contribution is 2.32. The lowest BCUT2D eigenvalue weighted by atomic mass is 10.1. The summed E-state index contributed by atoms with van der Waals surface area (Å²) in [4.78, 5) is 13.3. The molecule has 0 spiro atoms. The van der Waals surface area contributed by atoms with Gasteiger partial charge >= 0.3 is 6.18 Å². The molecule has 0 heterocycles. The molecule has 1 N–H and O–H groups in total. The molecule has 0 aliphatic carbocycles. The number of rotatable bonds is 6. The highest BCUT2D eigenvalue weighted by atomic mass is 19.4. The van der Waals surface area contributed by atoms with Gasteiger partial charge < -0.3 is 10.0 Å². The van der Waals surface area contributed by atoms with Crippen molar-refractivity contribution in [1.29, 1.82) is 0 Å². The van der Waals surface area contributed by atoms with Gasteiger partial charge in [-0.2, -0.15) is 13.2 Å². The van der Waals surface area contributed by atoms with Gasteiger partial charge in [0, 0.05) is 25.8 Å². The minimum atomic E-state index is -4.83. The zero-order valence-electron chi connectivity index (χ0n) is 11.6. The van der Waals surface area contributed by atoms with E-state index in [0.29, 0.717) is 37.9 Å². The zero-order chi connectivity index (χ0) is 16.0. The molecule has 0 aromatic heterocycles. The number of amides is 1. The first kappa shape index (κ1) is 17.4. The molecule has 1 aromatic rings. The summed E-state index contributed by atoms with van der Waals surface area (Å²) in [6.07, 6.45) is -2.88. The van der Waals surface area contributed by atoms with E-state index in [2.05, 4.69) is 0 Å². The van der Waals surface area contributed by atoms with Crippen LogP contribution in [0.5, 0.6) is 0 Å². The van der Waals surface area contributed by atoms with Crippen molar-refractivity contribution >= 4 is 5.91 Å². The maximum absolute atomic E-state index is 13.1. The average molecular weight is 307 g/mol. The van der Waals surface area contributed by atoms with Crippen LogP contribution in [0.25, 0.3) is 0 Å². The van der Waals surface area contributed by atoms with Gasteiger partial charge in [0.05, 0.1) is 5.56 Å². The Morgan fingerprint density at radius 1 is 1.24 bits per heavy atom. The van der Waals surface area contributed by atoms with E-state index in [4.69, 9.17) is 5.11 Å². The lowest BCUT2D eigenvalue weighted by Crippen LogP contribution is -2.28. The van der Waals surface area contributed by atoms with Crippen molar-refractivity contribution in [2.45, 2.75) is 25.4 Å². The number of hydrogen-bond donors (Lipinski definition) is 1. The van der Waals surface area contributed by atoms with Crippen LogP contribution >= 0.6 is 0 Å². The van der Waals surface area contributed by atoms with Gasteiger partial charge in [0.1, 0.15) is 5.82 Å². The number of unbranched alkanes of at least 4 members (excludes halogenated alkanes) is 2. The minimum absolute atomic E-state index is 0.0601. The van der Waals surface area contributed by atoms with Gasteiger partial charge in [0.25, 0.3) is 5.91 Å². The van der Waals surface area contributed by atoms with Crippen LogP contribution in [0.1, 0.15) is 35.2 Å². The second-order valence-electron chi connectivity index (χ2n) is 4.70. The second kappa shape index (κ2) is 7.40. The summed E-state index contributed by atoms with van der Waals surface area (Å²) in [5, 5.41) is 8.63. The molecule has 1 amide bonds. The predicted octanol–water partition coefficient (Wildman–Crippen LogP) is 3.08. The van der Waals surface area contributed by atoms with Gasteiger partial charge in [-0.15, -0.1) is 0 Å². The number of halogens is 4. The number of hydrogen-bond acceptors (Lipinski definition) is 2. The third kappa shape index (κ3) is 5.00. The summed E-state index contributed by atoms with van der Waals surface area (Å²) < 4.78 is 50.9. The van der Waals surface area contributed by atoms with Crippen molar-refractivity contribution in [2.75, 3.05) is 20.2 Å². The van der Waals surface area contributed by atoms with Crippen LogP contribution in [0, 0.1) is 5.82 Å². The molecule has 0 atom stereocenters. The van der Waals surface area contributed by atoms with Crippen LogP contribution in [-0.4, -0.2) is 36.1 Å². The fourth-order valence-corrected chi connectivity index (χ4v) is 1.84. The van der Waals surface area contributed by atoms with Gasteiger partial charge in [0.2, 0.25) is 0 Å². The summed E-state index contributed by atoms with van der Waals surface area (Å²) in [5.74, 6) is -1.99. The summed E-state index contributed by atoms with van der Waals surface area (Å²) in [7, 11) is 1.47. The summed E-state index contributed by atoms with van der Waals surface area (Å²) in [6, 6.07) is 2.22. The Balaban J connectivity index is 2.78. The fraction of sp³-hybridized carbons (Fsp3) is 0.500. The number of benzene rings is 1. The molecule has 1 aromatic carbocycles. The molecule has 7 heteroatoms. The van der Waals surface area contributed by atoms with Gasteiger partial charge in [-0.25, -0.2) is 4.39 Å². The molecule has 118 valence electrons. The van der Waals surface area contributed by atoms with Crippen molar-refractivity contribution in [2.24, 2.45) is 0 Å². The largest absolute Gasteiger partial charge is 0.419 e. The number of carbonyl (C=O) groups excluding carboxylic acids is 1. The van der Waals surface area contributed by atoms with Crippen LogP contribution < -0.4 is 0 Å². The van der Waals surface area contributed by atoms with E-state index in [0.717, 1.165) is 6.07 Å². The minimum Gasteiger partial charge on any atom is -0.396 e. The monoisotopic (exact) mass is 307 g/mol. The van der Waals surface area contributed by atoms with Crippen LogP contribution in [0.15, 0.2) is 18.2 Å². The smallest absolute Gasteiger partial charge is 0.396 e. The maximum Gasteiger partial charge on any atom is 0.419 e. The quantitative estimate of drug-likeness (QED) is 0.648. The molecular weight excluding hydrogens is 290 g/mol. The zero-order valence-corrected chi connectivity index (χ0v) is 11.6. The number of carbonyl (C=O) groups is 1. The Morgan fingerprint density at radius 2 is 1.90 bits per heavy atom. The SMILES string of the molecule is CN(CCCCCO)C(=O)c1ccc(F)c(C(F)(F)F)c1. The van der Waals surface area contributed by atoms with E-state index in [1.165, 1.54) is 11.9 Å². The molecule has 1 rings (SSSR count). The second-order valence-corrected chi connectivity index (χ2v) is 4.70.